The highest BCUT2D eigenvalue weighted by Gasteiger charge is 2.34. The Bertz CT molecular complexity index is 700. The van der Waals surface area contributed by atoms with Crippen molar-refractivity contribution in [2.75, 3.05) is 11.9 Å². The number of pyridine rings is 1. The molecule has 134 valence electrons. The first-order chi connectivity index (χ1) is 11.7. The molecule has 6 heteroatoms. The lowest BCUT2D eigenvalue weighted by atomic mass is 9.69. The maximum Gasteiger partial charge on any atom is 0.194 e. The Balaban J connectivity index is 0.00000225. The Morgan fingerprint density at radius 3 is 2.64 bits per heavy atom. The van der Waals surface area contributed by atoms with E-state index in [0.29, 0.717) is 18.3 Å². The van der Waals surface area contributed by atoms with E-state index >= 15 is 0 Å². The average molecular weight is 454 g/mol. The minimum Gasteiger partial charge on any atom is -0.370 e. The van der Waals surface area contributed by atoms with Gasteiger partial charge in [0.1, 0.15) is 11.6 Å². The number of halogens is 2. The molecule has 0 saturated heterocycles. The molecule has 0 aliphatic heterocycles. The maximum absolute atomic E-state index is 13.7. The van der Waals surface area contributed by atoms with E-state index in [1.54, 1.807) is 18.3 Å². The summed E-state index contributed by atoms with van der Waals surface area (Å²) in [6, 6.07) is 12.5. The van der Waals surface area contributed by atoms with E-state index in [1.165, 1.54) is 12.5 Å². The molecule has 0 amide bonds. The molecule has 3 N–H and O–H groups in total. The van der Waals surface area contributed by atoms with Gasteiger partial charge in [0.15, 0.2) is 5.96 Å². The van der Waals surface area contributed by atoms with Crippen LogP contribution < -0.4 is 11.1 Å². The van der Waals surface area contributed by atoms with Crippen molar-refractivity contribution < 1.29 is 4.39 Å². The zero-order chi connectivity index (χ0) is 16.8. The normalized spacial score (nSPS) is 16.8. The molecule has 0 spiro atoms. The summed E-state index contributed by atoms with van der Waals surface area (Å²) in [6.45, 7) is 0.558. The van der Waals surface area contributed by atoms with Gasteiger partial charge in [-0.3, -0.25) is 4.99 Å². The number of hydrogen-bond donors (Lipinski definition) is 2. The first kappa shape index (κ1) is 19.6. The number of aliphatic imine (C=N–C) groups is 1. The van der Waals surface area contributed by atoms with Gasteiger partial charge in [0.05, 0.1) is 6.54 Å². The quantitative estimate of drug-likeness (QED) is 0.407. The van der Waals surface area contributed by atoms with Gasteiger partial charge in [-0.05, 0) is 42.7 Å². The molecule has 1 aliphatic rings. The monoisotopic (exact) mass is 454 g/mol. The summed E-state index contributed by atoms with van der Waals surface area (Å²) in [5.74, 6) is 0.818. The van der Waals surface area contributed by atoms with E-state index in [9.17, 15) is 4.39 Å². The molecule has 1 aromatic heterocycles. The summed E-state index contributed by atoms with van der Waals surface area (Å²) in [5, 5.41) is 3.00. The van der Waals surface area contributed by atoms with E-state index in [1.807, 2.05) is 24.3 Å². The van der Waals surface area contributed by atoms with Crippen molar-refractivity contribution in [3.8, 4) is 0 Å². The summed E-state index contributed by atoms with van der Waals surface area (Å²) in [4.78, 5) is 8.72. The third-order valence-corrected chi connectivity index (χ3v) is 4.72. The molecule has 4 nitrogen and oxygen atoms in total. The van der Waals surface area contributed by atoms with Gasteiger partial charge in [-0.1, -0.05) is 37.5 Å². The van der Waals surface area contributed by atoms with Gasteiger partial charge in [-0.2, -0.15) is 0 Å². The van der Waals surface area contributed by atoms with Crippen molar-refractivity contribution in [1.29, 1.82) is 0 Å². The standard InChI is InChI=1S/C19H23FN4.HI/c20-16-8-6-7-15(13-16)19(10-3-1-4-11-19)14-23-18(21)24-17-9-2-5-12-22-17;/h2,5-9,12-13H,1,3-4,10-11,14H2,(H3,21,22,23,24);1H. The van der Waals surface area contributed by atoms with Gasteiger partial charge in [-0.25, -0.2) is 9.37 Å². The maximum atomic E-state index is 13.7. The van der Waals surface area contributed by atoms with Crippen LogP contribution >= 0.6 is 24.0 Å². The number of guanidine groups is 1. The van der Waals surface area contributed by atoms with Crippen LogP contribution in [0.1, 0.15) is 37.7 Å². The van der Waals surface area contributed by atoms with E-state index in [0.717, 1.165) is 31.2 Å². The molecule has 25 heavy (non-hydrogen) atoms. The summed E-state index contributed by atoms with van der Waals surface area (Å²) in [6.07, 6.45) is 7.22. The second-order valence-corrected chi connectivity index (χ2v) is 6.39. The van der Waals surface area contributed by atoms with Crippen LogP contribution in [-0.4, -0.2) is 17.5 Å². The third-order valence-electron chi connectivity index (χ3n) is 4.72. The van der Waals surface area contributed by atoms with E-state index < -0.39 is 0 Å². The van der Waals surface area contributed by atoms with Crippen LogP contribution in [0.25, 0.3) is 0 Å². The highest BCUT2D eigenvalue weighted by Crippen LogP contribution is 2.40. The van der Waals surface area contributed by atoms with Crippen molar-refractivity contribution in [1.82, 2.24) is 4.98 Å². The zero-order valence-electron chi connectivity index (χ0n) is 14.1. The molecule has 1 aromatic carbocycles. The number of nitrogens with two attached hydrogens (primary N) is 1. The number of hydrogen-bond acceptors (Lipinski definition) is 2. The molecule has 2 aromatic rings. The Kier molecular flexibility index (Phi) is 7.16. The highest BCUT2D eigenvalue weighted by molar-refractivity contribution is 14.0. The SMILES string of the molecule is I.NC(=NCC1(c2cccc(F)c2)CCCCC1)Nc1ccccn1. The summed E-state index contributed by atoms with van der Waals surface area (Å²) < 4.78 is 13.7. The highest BCUT2D eigenvalue weighted by atomic mass is 127. The van der Waals surface area contributed by atoms with E-state index in [4.69, 9.17) is 5.73 Å². The van der Waals surface area contributed by atoms with Gasteiger partial charge in [0, 0.05) is 11.6 Å². The van der Waals surface area contributed by atoms with Crippen LogP contribution in [0.4, 0.5) is 10.2 Å². The van der Waals surface area contributed by atoms with Crippen LogP contribution in [0, 0.1) is 5.82 Å². The number of benzene rings is 1. The predicted octanol–water partition coefficient (Wildman–Crippen LogP) is 4.47. The number of nitrogens with one attached hydrogen (secondary N) is 1. The largest absolute Gasteiger partial charge is 0.370 e. The lowest BCUT2D eigenvalue weighted by Crippen LogP contribution is -2.34. The van der Waals surface area contributed by atoms with Crippen molar-refractivity contribution in [2.24, 2.45) is 10.7 Å². The smallest absolute Gasteiger partial charge is 0.194 e. The molecular weight excluding hydrogens is 430 g/mol. The number of nitrogens with zero attached hydrogens (tertiary/aromatic N) is 2. The molecule has 0 unspecified atom stereocenters. The molecule has 0 bridgehead atoms. The molecule has 1 fully saturated rings. The van der Waals surface area contributed by atoms with Crippen LogP contribution in [0.3, 0.4) is 0 Å². The predicted molar refractivity (Wildman–Crippen MR) is 111 cm³/mol. The minimum absolute atomic E-state index is 0. The average Bonchev–Trinajstić information content (AvgIpc) is 2.62. The first-order valence-corrected chi connectivity index (χ1v) is 8.42. The van der Waals surface area contributed by atoms with Gasteiger partial charge in [-0.15, -0.1) is 24.0 Å². The fourth-order valence-electron chi connectivity index (χ4n) is 3.43. The summed E-state index contributed by atoms with van der Waals surface area (Å²) >= 11 is 0. The van der Waals surface area contributed by atoms with Crippen molar-refractivity contribution >= 4 is 35.8 Å². The van der Waals surface area contributed by atoms with Crippen molar-refractivity contribution in [3.63, 3.8) is 0 Å². The molecule has 1 aliphatic carbocycles. The third kappa shape index (κ3) is 5.14. The van der Waals surface area contributed by atoms with Crippen LogP contribution in [-0.2, 0) is 5.41 Å². The minimum atomic E-state index is -0.194. The van der Waals surface area contributed by atoms with Crippen LogP contribution in [0.2, 0.25) is 0 Å². The molecule has 0 atom stereocenters. The fraction of sp³-hybridized carbons (Fsp3) is 0.368. The van der Waals surface area contributed by atoms with E-state index in [2.05, 4.69) is 15.3 Å². The van der Waals surface area contributed by atoms with Crippen LogP contribution in [0.5, 0.6) is 0 Å². The van der Waals surface area contributed by atoms with Crippen molar-refractivity contribution in [3.05, 3.63) is 60.0 Å². The lowest BCUT2D eigenvalue weighted by Gasteiger charge is -2.36. The number of anilines is 1. The van der Waals surface area contributed by atoms with Gasteiger partial charge in [0.2, 0.25) is 0 Å². The van der Waals surface area contributed by atoms with Crippen LogP contribution in [0.15, 0.2) is 53.7 Å². The Hall–Kier alpha value is -1.70. The molecule has 0 radical (unpaired) electrons. The topological polar surface area (TPSA) is 63.3 Å². The number of rotatable bonds is 4. The summed E-state index contributed by atoms with van der Waals surface area (Å²) in [5.41, 5.74) is 6.91. The lowest BCUT2D eigenvalue weighted by molar-refractivity contribution is 0.300. The molecular formula is C19H24FIN4. The van der Waals surface area contributed by atoms with E-state index in [-0.39, 0.29) is 35.2 Å². The second kappa shape index (κ2) is 9.12. The molecule has 1 saturated carbocycles. The van der Waals surface area contributed by atoms with Gasteiger partial charge in [0.25, 0.3) is 0 Å². The Morgan fingerprint density at radius 1 is 1.16 bits per heavy atom. The zero-order valence-corrected chi connectivity index (χ0v) is 16.4. The first-order valence-electron chi connectivity index (χ1n) is 8.42. The molecule has 3 rings (SSSR count). The summed E-state index contributed by atoms with van der Waals surface area (Å²) in [7, 11) is 0. The molecule has 1 heterocycles. The Morgan fingerprint density at radius 2 is 1.96 bits per heavy atom. The fourth-order valence-corrected chi connectivity index (χ4v) is 3.43. The van der Waals surface area contributed by atoms with Gasteiger partial charge >= 0.3 is 0 Å². The number of aromatic nitrogens is 1. The second-order valence-electron chi connectivity index (χ2n) is 6.39. The van der Waals surface area contributed by atoms with Gasteiger partial charge < -0.3 is 11.1 Å². The van der Waals surface area contributed by atoms with Crippen molar-refractivity contribution in [2.45, 2.75) is 37.5 Å². The Labute approximate surface area is 165 Å².